The summed E-state index contributed by atoms with van der Waals surface area (Å²) in [5.74, 6) is -0.406. The molecule has 4 aromatic rings. The van der Waals surface area contributed by atoms with E-state index in [9.17, 15) is 9.59 Å². The van der Waals surface area contributed by atoms with Crippen molar-refractivity contribution < 1.29 is 14.0 Å². The molecular formula is C24H24N4O3S. The van der Waals surface area contributed by atoms with E-state index in [2.05, 4.69) is 14.9 Å². The number of hydrogen-bond donors (Lipinski definition) is 1. The molecule has 0 aliphatic heterocycles. The van der Waals surface area contributed by atoms with E-state index in [1.807, 2.05) is 63.2 Å². The number of amides is 2. The zero-order valence-electron chi connectivity index (χ0n) is 18.1. The Labute approximate surface area is 190 Å². The molecule has 7 nitrogen and oxygen atoms in total. The maximum Gasteiger partial charge on any atom is 0.280 e. The van der Waals surface area contributed by atoms with Crippen LogP contribution in [-0.4, -0.2) is 26.9 Å². The zero-order chi connectivity index (χ0) is 22.7. The van der Waals surface area contributed by atoms with Gasteiger partial charge in [-0.1, -0.05) is 47.8 Å². The topological polar surface area (TPSA) is 88.3 Å². The van der Waals surface area contributed by atoms with Gasteiger partial charge in [-0.15, -0.1) is 5.10 Å². The summed E-state index contributed by atoms with van der Waals surface area (Å²) in [7, 11) is 0. The molecule has 1 N–H and O–H groups in total. The molecule has 1 atom stereocenters. The fourth-order valence-corrected chi connectivity index (χ4v) is 3.91. The molecule has 0 saturated heterocycles. The highest BCUT2D eigenvalue weighted by Crippen LogP contribution is 2.35. The third-order valence-electron chi connectivity index (χ3n) is 5.49. The highest BCUT2D eigenvalue weighted by Gasteiger charge is 2.38. The van der Waals surface area contributed by atoms with Crippen LogP contribution in [0.15, 0.2) is 70.7 Å². The van der Waals surface area contributed by atoms with Gasteiger partial charge in [-0.3, -0.25) is 14.5 Å². The lowest BCUT2D eigenvalue weighted by atomic mass is 10.00. The number of carbonyl (C=O) groups is 2. The molecule has 0 saturated carbocycles. The first-order valence-electron chi connectivity index (χ1n) is 10.3. The van der Waals surface area contributed by atoms with E-state index in [0.717, 1.165) is 28.7 Å². The van der Waals surface area contributed by atoms with Gasteiger partial charge in [0.05, 0.1) is 12.0 Å². The third kappa shape index (κ3) is 4.27. The number of fused-ring (bicyclic) bond motifs is 1. The van der Waals surface area contributed by atoms with E-state index in [1.54, 1.807) is 17.5 Å². The third-order valence-corrected chi connectivity index (χ3v) is 5.99. The minimum atomic E-state index is -1.03. The van der Waals surface area contributed by atoms with E-state index < -0.39 is 17.5 Å². The Kier molecular flexibility index (Phi) is 6.05. The normalized spacial score (nSPS) is 12.5. The zero-order valence-corrected chi connectivity index (χ0v) is 18.9. The van der Waals surface area contributed by atoms with Crippen molar-refractivity contribution in [1.29, 1.82) is 0 Å². The fraction of sp³-hybridized carbons (Fsp3) is 0.250. The first-order chi connectivity index (χ1) is 15.4. The van der Waals surface area contributed by atoms with E-state index in [0.29, 0.717) is 11.4 Å². The Morgan fingerprint density at radius 1 is 1.12 bits per heavy atom. The molecule has 2 heterocycles. The molecule has 2 amide bonds. The standard InChI is InChI=1S/C24H24N4O3S/c1-4-24(2,3)25-22(29)21(20-13-8-14-31-20)28(23(30)18-15-32-27-26-18)19-12-7-10-16-9-5-6-11-17(16)19/h5-15,21H,4H2,1-3H3,(H,25,29)/t21-/m1/s1. The fourth-order valence-electron chi connectivity index (χ4n) is 3.48. The molecule has 0 radical (unpaired) electrons. The Bertz CT molecular complexity index is 1210. The van der Waals surface area contributed by atoms with Crippen LogP contribution >= 0.6 is 11.5 Å². The Morgan fingerprint density at radius 2 is 1.91 bits per heavy atom. The number of nitrogens with zero attached hydrogens (tertiary/aromatic N) is 3. The minimum absolute atomic E-state index is 0.169. The van der Waals surface area contributed by atoms with Crippen LogP contribution in [0.5, 0.6) is 0 Å². The summed E-state index contributed by atoms with van der Waals surface area (Å²) in [4.78, 5) is 28.8. The van der Waals surface area contributed by atoms with Crippen molar-refractivity contribution in [2.24, 2.45) is 0 Å². The predicted octanol–water partition coefficient (Wildman–Crippen LogP) is 4.98. The second-order valence-corrected chi connectivity index (χ2v) is 8.72. The predicted molar refractivity (Wildman–Crippen MR) is 125 cm³/mol. The van der Waals surface area contributed by atoms with Crippen LogP contribution in [0.25, 0.3) is 10.8 Å². The average molecular weight is 449 g/mol. The number of rotatable bonds is 7. The number of benzene rings is 2. The Hall–Kier alpha value is -3.52. The smallest absolute Gasteiger partial charge is 0.280 e. The van der Waals surface area contributed by atoms with Gasteiger partial charge < -0.3 is 9.73 Å². The molecule has 8 heteroatoms. The maximum atomic E-state index is 13.7. The van der Waals surface area contributed by atoms with E-state index in [1.165, 1.54) is 11.2 Å². The average Bonchev–Trinajstić information content (AvgIpc) is 3.51. The van der Waals surface area contributed by atoms with Crippen LogP contribution in [0.1, 0.15) is 49.5 Å². The summed E-state index contributed by atoms with van der Waals surface area (Å²) in [5.41, 5.74) is 0.298. The number of carbonyl (C=O) groups excluding carboxylic acids is 2. The van der Waals surface area contributed by atoms with Crippen molar-refractivity contribution >= 4 is 39.8 Å². The maximum absolute atomic E-state index is 13.7. The molecule has 0 aliphatic carbocycles. The van der Waals surface area contributed by atoms with Crippen LogP contribution in [-0.2, 0) is 4.79 Å². The van der Waals surface area contributed by atoms with Crippen LogP contribution in [0.2, 0.25) is 0 Å². The van der Waals surface area contributed by atoms with Gasteiger partial charge in [0.1, 0.15) is 5.76 Å². The van der Waals surface area contributed by atoms with Gasteiger partial charge in [0.15, 0.2) is 11.7 Å². The second-order valence-electron chi connectivity index (χ2n) is 8.11. The molecule has 0 fully saturated rings. The van der Waals surface area contributed by atoms with Gasteiger partial charge in [0.2, 0.25) is 0 Å². The number of nitrogens with one attached hydrogen (secondary N) is 1. The summed E-state index contributed by atoms with van der Waals surface area (Å²) in [6, 6.07) is 15.8. The van der Waals surface area contributed by atoms with Crippen LogP contribution in [0, 0.1) is 0 Å². The van der Waals surface area contributed by atoms with Crippen molar-refractivity contribution in [2.45, 2.75) is 38.8 Å². The molecular weight excluding hydrogens is 424 g/mol. The van der Waals surface area contributed by atoms with Crippen molar-refractivity contribution in [3.8, 4) is 0 Å². The van der Waals surface area contributed by atoms with Gasteiger partial charge in [-0.2, -0.15) is 0 Å². The van der Waals surface area contributed by atoms with Crippen molar-refractivity contribution in [3.05, 3.63) is 77.7 Å². The molecule has 0 bridgehead atoms. The largest absolute Gasteiger partial charge is 0.467 e. The molecule has 4 rings (SSSR count). The van der Waals surface area contributed by atoms with E-state index in [-0.39, 0.29) is 11.6 Å². The SMILES string of the molecule is CCC(C)(C)NC(=O)[C@@H](c1ccco1)N(C(=O)c1csnn1)c1cccc2ccccc12. The van der Waals surface area contributed by atoms with Gasteiger partial charge in [-0.25, -0.2) is 0 Å². The van der Waals surface area contributed by atoms with Gasteiger partial charge >= 0.3 is 0 Å². The molecule has 2 aromatic heterocycles. The quantitative estimate of drug-likeness (QED) is 0.431. The van der Waals surface area contributed by atoms with Gasteiger partial charge in [0.25, 0.3) is 11.8 Å². The summed E-state index contributed by atoms with van der Waals surface area (Å²) in [5, 5.41) is 10.4. The minimum Gasteiger partial charge on any atom is -0.467 e. The highest BCUT2D eigenvalue weighted by atomic mass is 32.1. The lowest BCUT2D eigenvalue weighted by Crippen LogP contribution is -2.50. The van der Waals surface area contributed by atoms with Crippen LogP contribution < -0.4 is 10.2 Å². The summed E-state index contributed by atoms with van der Waals surface area (Å²) < 4.78 is 9.50. The molecule has 0 spiro atoms. The first kappa shape index (κ1) is 21.7. The number of anilines is 1. The van der Waals surface area contributed by atoms with Crippen molar-refractivity contribution in [2.75, 3.05) is 4.90 Å². The lowest BCUT2D eigenvalue weighted by molar-refractivity contribution is -0.124. The second kappa shape index (κ2) is 8.92. The molecule has 32 heavy (non-hydrogen) atoms. The summed E-state index contributed by atoms with van der Waals surface area (Å²) >= 11 is 1.08. The van der Waals surface area contributed by atoms with Crippen LogP contribution in [0.4, 0.5) is 5.69 Å². The van der Waals surface area contributed by atoms with Crippen molar-refractivity contribution in [3.63, 3.8) is 0 Å². The van der Waals surface area contributed by atoms with E-state index in [4.69, 9.17) is 4.42 Å². The Balaban J connectivity index is 1.92. The number of furan rings is 1. The van der Waals surface area contributed by atoms with Crippen LogP contribution in [0.3, 0.4) is 0 Å². The van der Waals surface area contributed by atoms with Gasteiger partial charge in [-0.05, 0) is 55.4 Å². The molecule has 0 aliphatic rings. The molecule has 0 unspecified atom stereocenters. The summed E-state index contributed by atoms with van der Waals surface area (Å²) in [6.45, 7) is 5.88. The van der Waals surface area contributed by atoms with Crippen molar-refractivity contribution in [1.82, 2.24) is 14.9 Å². The monoisotopic (exact) mass is 448 g/mol. The lowest BCUT2D eigenvalue weighted by Gasteiger charge is -2.33. The van der Waals surface area contributed by atoms with E-state index >= 15 is 0 Å². The first-order valence-corrected chi connectivity index (χ1v) is 11.2. The summed E-state index contributed by atoms with van der Waals surface area (Å²) in [6.07, 6.45) is 2.22. The molecule has 2 aromatic carbocycles. The Morgan fingerprint density at radius 3 is 2.59 bits per heavy atom. The number of hydrogen-bond acceptors (Lipinski definition) is 6. The molecule has 164 valence electrons. The van der Waals surface area contributed by atoms with Gasteiger partial charge in [0, 0.05) is 16.3 Å². The number of aromatic nitrogens is 2. The highest BCUT2D eigenvalue weighted by molar-refractivity contribution is 7.03.